The maximum absolute atomic E-state index is 10.0. The third-order valence-electron chi connectivity index (χ3n) is 1.00. The summed E-state index contributed by atoms with van der Waals surface area (Å²) in [5.41, 5.74) is 5.16. The molecule has 0 aromatic carbocycles. The number of carbonyl (C=O) groups is 1. The van der Waals surface area contributed by atoms with Gasteiger partial charge in [-0.25, -0.2) is 0 Å². The van der Waals surface area contributed by atoms with Crippen molar-refractivity contribution in [3.8, 4) is 0 Å². The van der Waals surface area contributed by atoms with Crippen LogP contribution < -0.4 is 5.73 Å². The average Bonchev–Trinajstić information content (AvgIpc) is 1.64. The number of aliphatic carboxylic acids is 1. The van der Waals surface area contributed by atoms with E-state index in [9.17, 15) is 4.79 Å². The van der Waals surface area contributed by atoms with Gasteiger partial charge in [-0.05, 0) is 5.92 Å². The van der Waals surface area contributed by atoms with Crippen LogP contribution in [0.15, 0.2) is 0 Å². The van der Waals surface area contributed by atoms with E-state index in [4.69, 9.17) is 10.8 Å². The fraction of sp³-hybridized carbons (Fsp3) is 0.800. The average molecular weight is 235 g/mol. The van der Waals surface area contributed by atoms with Crippen LogP contribution >= 0.6 is 0 Å². The Morgan fingerprint density at radius 3 is 1.89 bits per heavy atom. The van der Waals surface area contributed by atoms with Crippen molar-refractivity contribution in [3.05, 3.63) is 0 Å². The first kappa shape index (κ1) is 12.0. The summed E-state index contributed by atoms with van der Waals surface area (Å²) < 4.78 is 0. The molecule has 0 spiro atoms. The number of hydrogen-bond acceptors (Lipinski definition) is 2. The van der Waals surface area contributed by atoms with Crippen molar-refractivity contribution in [1.29, 1.82) is 0 Å². The predicted molar refractivity (Wildman–Crippen MR) is 40.4 cm³/mol. The fourth-order valence-electron chi connectivity index (χ4n) is 0.285. The summed E-state index contributed by atoms with van der Waals surface area (Å²) >= 11 is 0. The van der Waals surface area contributed by atoms with Crippen LogP contribution in [0.4, 0.5) is 0 Å². The van der Waals surface area contributed by atoms with Crippen LogP contribution in [0.2, 0.25) is 0 Å². The van der Waals surface area contributed by atoms with Gasteiger partial charge in [0, 0.05) is 0 Å². The monoisotopic (exact) mass is 235 g/mol. The van der Waals surface area contributed by atoms with E-state index in [1.807, 2.05) is 0 Å². The first-order valence-corrected chi connectivity index (χ1v) is 2.54. The SMILES string of the molecule is CC(C)C(N)C(=O)O.[InH3]. The molecular formula is C5H14InNO2. The van der Waals surface area contributed by atoms with Gasteiger partial charge in [-0.3, -0.25) is 4.79 Å². The van der Waals surface area contributed by atoms with E-state index < -0.39 is 12.0 Å². The van der Waals surface area contributed by atoms with Gasteiger partial charge in [0.05, 0.1) is 0 Å². The van der Waals surface area contributed by atoms with Crippen molar-refractivity contribution in [1.82, 2.24) is 0 Å². The molecule has 0 amide bonds. The zero-order valence-electron chi connectivity index (χ0n) is 5.09. The Labute approximate surface area is 73.4 Å². The molecule has 3 nitrogen and oxygen atoms in total. The Bertz CT molecular complexity index is 95.0. The Hall–Kier alpha value is 0.300. The Morgan fingerprint density at radius 1 is 1.56 bits per heavy atom. The molecule has 0 aliphatic rings. The van der Waals surface area contributed by atoms with Crippen LogP contribution in [0.5, 0.6) is 0 Å². The molecule has 0 bridgehead atoms. The fourth-order valence-corrected chi connectivity index (χ4v) is 0.285. The van der Waals surface area contributed by atoms with E-state index in [1.54, 1.807) is 13.8 Å². The van der Waals surface area contributed by atoms with Crippen LogP contribution in [0.1, 0.15) is 13.8 Å². The van der Waals surface area contributed by atoms with Gasteiger partial charge in [-0.15, -0.1) is 0 Å². The van der Waals surface area contributed by atoms with Crippen molar-refractivity contribution >= 4 is 31.8 Å². The molecule has 9 heavy (non-hydrogen) atoms. The van der Waals surface area contributed by atoms with Gasteiger partial charge in [-0.2, -0.15) is 0 Å². The summed E-state index contributed by atoms with van der Waals surface area (Å²) in [6, 6.07) is -0.713. The zero-order chi connectivity index (χ0) is 6.73. The topological polar surface area (TPSA) is 63.3 Å². The summed E-state index contributed by atoms with van der Waals surface area (Å²) in [4.78, 5) is 10.0. The normalized spacial score (nSPS) is 12.4. The van der Waals surface area contributed by atoms with Crippen molar-refractivity contribution < 1.29 is 9.90 Å². The number of carboxylic acid groups (broad SMARTS) is 1. The van der Waals surface area contributed by atoms with Crippen molar-refractivity contribution in [2.75, 3.05) is 0 Å². The molecular weight excluding hydrogens is 221 g/mol. The minimum absolute atomic E-state index is 0. The molecule has 0 heterocycles. The van der Waals surface area contributed by atoms with Gasteiger partial charge in [0.25, 0.3) is 0 Å². The Balaban J connectivity index is 0. The molecule has 4 heteroatoms. The van der Waals surface area contributed by atoms with Gasteiger partial charge < -0.3 is 10.8 Å². The van der Waals surface area contributed by atoms with E-state index in [0.29, 0.717) is 0 Å². The number of nitrogens with two attached hydrogens (primary N) is 1. The van der Waals surface area contributed by atoms with Crippen molar-refractivity contribution in [2.45, 2.75) is 19.9 Å². The molecule has 0 saturated heterocycles. The second kappa shape index (κ2) is 5.11. The van der Waals surface area contributed by atoms with Gasteiger partial charge in [0.1, 0.15) is 6.04 Å². The molecule has 0 saturated carbocycles. The summed E-state index contributed by atoms with van der Waals surface area (Å²) in [5, 5.41) is 8.23. The number of rotatable bonds is 2. The second-order valence-electron chi connectivity index (χ2n) is 2.11. The molecule has 1 atom stereocenters. The third-order valence-corrected chi connectivity index (χ3v) is 1.00. The zero-order valence-corrected chi connectivity index (χ0v) is 5.09. The first-order chi connectivity index (χ1) is 3.55. The van der Waals surface area contributed by atoms with Crippen LogP contribution in [0, 0.1) is 5.92 Å². The molecule has 0 radical (unpaired) electrons. The van der Waals surface area contributed by atoms with Gasteiger partial charge in [0.15, 0.2) is 0 Å². The van der Waals surface area contributed by atoms with Crippen molar-refractivity contribution in [3.63, 3.8) is 0 Å². The van der Waals surface area contributed by atoms with E-state index in [2.05, 4.69) is 0 Å². The van der Waals surface area contributed by atoms with Crippen molar-refractivity contribution in [2.24, 2.45) is 11.7 Å². The van der Waals surface area contributed by atoms with E-state index in [-0.39, 0.29) is 31.8 Å². The minimum atomic E-state index is -0.931. The summed E-state index contributed by atoms with van der Waals surface area (Å²) in [5.74, 6) is -0.910. The molecule has 0 rings (SSSR count). The Kier molecular flexibility index (Phi) is 6.83. The predicted octanol–water partition coefficient (Wildman–Crippen LogP) is -1.13. The molecule has 3 N–H and O–H groups in total. The summed E-state index contributed by atoms with van der Waals surface area (Å²) in [6.45, 7) is 3.55. The van der Waals surface area contributed by atoms with Crippen LogP contribution in [-0.4, -0.2) is 43.0 Å². The van der Waals surface area contributed by atoms with Gasteiger partial charge >= 0.3 is 31.8 Å². The maximum atomic E-state index is 10.0. The number of carboxylic acids is 1. The molecule has 1 unspecified atom stereocenters. The summed E-state index contributed by atoms with van der Waals surface area (Å²) in [7, 11) is 0. The van der Waals surface area contributed by atoms with Gasteiger partial charge in [0.2, 0.25) is 0 Å². The van der Waals surface area contributed by atoms with E-state index >= 15 is 0 Å². The molecule has 0 aromatic rings. The molecule has 0 aromatic heterocycles. The first-order valence-electron chi connectivity index (χ1n) is 2.54. The third kappa shape index (κ3) is 4.78. The van der Waals surface area contributed by atoms with Crippen LogP contribution in [0.3, 0.4) is 0 Å². The van der Waals surface area contributed by atoms with E-state index in [1.165, 1.54) is 0 Å². The Morgan fingerprint density at radius 2 is 1.89 bits per heavy atom. The van der Waals surface area contributed by atoms with Crippen LogP contribution in [-0.2, 0) is 4.79 Å². The standard InChI is InChI=1S/C5H11NO2.In.3H/c1-3(2)4(6)5(7)8;;;;/h3-4H,6H2,1-2H3,(H,7,8);;;;. The molecule has 0 aliphatic carbocycles. The molecule has 54 valence electrons. The molecule has 0 fully saturated rings. The number of hydrogen-bond donors (Lipinski definition) is 2. The van der Waals surface area contributed by atoms with Crippen LogP contribution in [0.25, 0.3) is 0 Å². The second-order valence-corrected chi connectivity index (χ2v) is 2.11. The van der Waals surface area contributed by atoms with E-state index in [0.717, 1.165) is 0 Å². The quantitative estimate of drug-likeness (QED) is 0.636. The molecule has 0 aliphatic heterocycles. The van der Waals surface area contributed by atoms with Gasteiger partial charge in [-0.1, -0.05) is 13.8 Å². The summed E-state index contributed by atoms with van der Waals surface area (Å²) in [6.07, 6.45) is 0.